The maximum atomic E-state index is 12.3. The molecule has 1 aliphatic rings. The highest BCUT2D eigenvalue weighted by Crippen LogP contribution is 2.23. The monoisotopic (exact) mass is 491 g/mol. The van der Waals surface area contributed by atoms with E-state index in [1.54, 1.807) is 33.5 Å². The average Bonchev–Trinajstić information content (AvgIpc) is 3.11. The lowest BCUT2D eigenvalue weighted by Crippen LogP contribution is -2.42. The number of carbonyl (C=O) groups is 2. The maximum Gasteiger partial charge on any atom is 0.500 e. The molecule has 0 radical (unpaired) electrons. The summed E-state index contributed by atoms with van der Waals surface area (Å²) in [7, 11) is 2.67. The van der Waals surface area contributed by atoms with Gasteiger partial charge in [-0.3, -0.25) is 14.5 Å². The Labute approximate surface area is 207 Å². The second-order valence-corrected chi connectivity index (χ2v) is 12.4. The molecule has 0 aromatic heterocycles. The Bertz CT molecular complexity index is 694. The fourth-order valence-corrected chi connectivity index (χ4v) is 6.53. The van der Waals surface area contributed by atoms with Gasteiger partial charge in [-0.1, -0.05) is 89.2 Å². The predicted octanol–water partition coefficient (Wildman–Crippen LogP) is 6.62. The van der Waals surface area contributed by atoms with Crippen LogP contribution in [0, 0.1) is 0 Å². The SMILES string of the molecule is CO[Si](CCCCCCCCCCCCCCCCN1C(=O)c2ccccc2C1=O)(OC)OC. The van der Waals surface area contributed by atoms with Crippen LogP contribution in [0.3, 0.4) is 0 Å². The molecule has 0 atom stereocenters. The molecule has 0 saturated carbocycles. The van der Waals surface area contributed by atoms with E-state index >= 15 is 0 Å². The Kier molecular flexibility index (Phi) is 13.7. The molecule has 0 saturated heterocycles. The van der Waals surface area contributed by atoms with Crippen LogP contribution in [0.15, 0.2) is 24.3 Å². The lowest BCUT2D eigenvalue weighted by molar-refractivity contribution is 0.0651. The molecule has 2 amide bonds. The van der Waals surface area contributed by atoms with E-state index in [0.717, 1.165) is 25.3 Å². The van der Waals surface area contributed by atoms with Gasteiger partial charge in [-0.05, 0) is 25.0 Å². The first-order valence-electron chi connectivity index (χ1n) is 13.2. The van der Waals surface area contributed by atoms with Gasteiger partial charge in [-0.2, -0.15) is 0 Å². The van der Waals surface area contributed by atoms with Crippen LogP contribution in [0.25, 0.3) is 0 Å². The molecule has 0 unspecified atom stereocenters. The minimum Gasteiger partial charge on any atom is -0.377 e. The van der Waals surface area contributed by atoms with Crippen LogP contribution >= 0.6 is 0 Å². The Morgan fingerprint density at radius 1 is 0.588 bits per heavy atom. The molecule has 34 heavy (non-hydrogen) atoms. The highest BCUT2D eigenvalue weighted by Gasteiger charge is 2.36. The number of fused-ring (bicyclic) bond motifs is 1. The van der Waals surface area contributed by atoms with E-state index < -0.39 is 8.80 Å². The Balaban J connectivity index is 1.35. The van der Waals surface area contributed by atoms with Crippen molar-refractivity contribution in [3.63, 3.8) is 0 Å². The van der Waals surface area contributed by atoms with Gasteiger partial charge in [-0.25, -0.2) is 0 Å². The summed E-state index contributed by atoms with van der Waals surface area (Å²) in [6, 6.07) is 8.02. The number of carbonyl (C=O) groups excluding carboxylic acids is 2. The van der Waals surface area contributed by atoms with E-state index in [9.17, 15) is 9.59 Å². The Morgan fingerprint density at radius 3 is 1.32 bits per heavy atom. The first-order chi connectivity index (χ1) is 16.6. The standard InChI is InChI=1S/C27H45NO5Si/c1-31-34(32-2,33-3)23-19-15-13-11-9-7-5-4-6-8-10-12-14-18-22-28-26(29)24-20-16-17-21-25(24)27(28)30/h16-17,20-21H,4-15,18-19,22-23H2,1-3H3. The molecule has 192 valence electrons. The van der Waals surface area contributed by atoms with Crippen LogP contribution in [-0.2, 0) is 13.3 Å². The summed E-state index contributed by atoms with van der Waals surface area (Å²) in [4.78, 5) is 26.1. The molecular weight excluding hydrogens is 446 g/mol. The van der Waals surface area contributed by atoms with Crippen molar-refractivity contribution in [2.24, 2.45) is 0 Å². The van der Waals surface area contributed by atoms with Gasteiger partial charge in [0.2, 0.25) is 0 Å². The van der Waals surface area contributed by atoms with E-state index in [0.29, 0.717) is 17.7 Å². The summed E-state index contributed by atoms with van der Waals surface area (Å²) in [6.07, 6.45) is 17.3. The predicted molar refractivity (Wildman–Crippen MR) is 138 cm³/mol. The topological polar surface area (TPSA) is 65.1 Å². The smallest absolute Gasteiger partial charge is 0.377 e. The molecule has 0 aliphatic carbocycles. The van der Waals surface area contributed by atoms with Gasteiger partial charge in [0.1, 0.15) is 0 Å². The third-order valence-corrected chi connectivity index (χ3v) is 9.76. The lowest BCUT2D eigenvalue weighted by Gasteiger charge is -2.24. The first kappa shape index (κ1) is 28.7. The number of hydrogen-bond acceptors (Lipinski definition) is 5. The van der Waals surface area contributed by atoms with E-state index in [1.807, 2.05) is 12.1 Å². The number of imide groups is 1. The number of unbranched alkanes of at least 4 members (excludes halogenated alkanes) is 13. The number of nitrogens with zero attached hydrogens (tertiary/aromatic N) is 1. The molecule has 0 spiro atoms. The van der Waals surface area contributed by atoms with Gasteiger partial charge in [0.15, 0.2) is 0 Å². The molecule has 1 aromatic rings. The molecule has 0 N–H and O–H groups in total. The molecule has 6 nitrogen and oxygen atoms in total. The zero-order valence-electron chi connectivity index (χ0n) is 21.6. The maximum absolute atomic E-state index is 12.3. The highest BCUT2D eigenvalue weighted by molar-refractivity contribution is 6.60. The van der Waals surface area contributed by atoms with Crippen LogP contribution in [0.2, 0.25) is 6.04 Å². The summed E-state index contributed by atoms with van der Waals surface area (Å²) < 4.78 is 16.4. The summed E-state index contributed by atoms with van der Waals surface area (Å²) in [5.74, 6) is -0.264. The van der Waals surface area contributed by atoms with Crippen LogP contribution in [0.5, 0.6) is 0 Å². The van der Waals surface area contributed by atoms with Gasteiger partial charge in [0.05, 0.1) is 11.1 Å². The van der Waals surface area contributed by atoms with Crippen molar-refractivity contribution >= 4 is 20.6 Å². The first-order valence-corrected chi connectivity index (χ1v) is 15.1. The summed E-state index contributed by atoms with van der Waals surface area (Å²) in [6.45, 7) is 0.542. The second-order valence-electron chi connectivity index (χ2n) is 9.30. The molecule has 1 aliphatic heterocycles. The minimum absolute atomic E-state index is 0.132. The third kappa shape index (κ3) is 8.91. The minimum atomic E-state index is -2.38. The molecular formula is C27H45NO5Si. The van der Waals surface area contributed by atoms with Crippen LogP contribution in [-0.4, -0.2) is 53.4 Å². The van der Waals surface area contributed by atoms with Gasteiger partial charge in [0, 0.05) is 33.9 Å². The zero-order chi connectivity index (χ0) is 24.7. The number of amides is 2. The number of rotatable bonds is 20. The third-order valence-electron chi connectivity index (χ3n) is 6.93. The Morgan fingerprint density at radius 2 is 0.941 bits per heavy atom. The fraction of sp³-hybridized carbons (Fsp3) is 0.704. The van der Waals surface area contributed by atoms with Crippen molar-refractivity contribution in [1.82, 2.24) is 4.90 Å². The van der Waals surface area contributed by atoms with Crippen molar-refractivity contribution in [3.05, 3.63) is 35.4 Å². The molecule has 0 fully saturated rings. The fourth-order valence-electron chi connectivity index (χ4n) is 4.73. The van der Waals surface area contributed by atoms with Gasteiger partial charge in [0.25, 0.3) is 11.8 Å². The van der Waals surface area contributed by atoms with Gasteiger partial charge in [-0.15, -0.1) is 0 Å². The van der Waals surface area contributed by atoms with Crippen molar-refractivity contribution in [2.75, 3.05) is 27.9 Å². The number of benzene rings is 1. The molecule has 1 aromatic carbocycles. The van der Waals surface area contributed by atoms with Crippen molar-refractivity contribution < 1.29 is 22.9 Å². The van der Waals surface area contributed by atoms with Crippen LogP contribution in [0.4, 0.5) is 0 Å². The van der Waals surface area contributed by atoms with Crippen molar-refractivity contribution in [1.29, 1.82) is 0 Å². The number of hydrogen-bond donors (Lipinski definition) is 0. The summed E-state index contributed by atoms with van der Waals surface area (Å²) in [5.41, 5.74) is 1.10. The van der Waals surface area contributed by atoms with E-state index in [2.05, 4.69) is 0 Å². The largest absolute Gasteiger partial charge is 0.500 e. The normalized spacial score (nSPS) is 13.7. The van der Waals surface area contributed by atoms with Crippen LogP contribution < -0.4 is 0 Å². The highest BCUT2D eigenvalue weighted by atomic mass is 28.4. The lowest BCUT2D eigenvalue weighted by atomic mass is 10.0. The van der Waals surface area contributed by atoms with Gasteiger partial charge >= 0.3 is 8.80 Å². The van der Waals surface area contributed by atoms with E-state index in [-0.39, 0.29) is 11.8 Å². The summed E-state index contributed by atoms with van der Waals surface area (Å²) in [5, 5.41) is 0. The quantitative estimate of drug-likeness (QED) is 0.116. The van der Waals surface area contributed by atoms with Crippen molar-refractivity contribution in [2.45, 2.75) is 95.9 Å². The molecule has 1 heterocycles. The molecule has 0 bridgehead atoms. The van der Waals surface area contributed by atoms with Crippen LogP contribution in [0.1, 0.15) is 111 Å². The molecule has 2 rings (SSSR count). The van der Waals surface area contributed by atoms with E-state index in [4.69, 9.17) is 13.3 Å². The molecule has 7 heteroatoms. The average molecular weight is 492 g/mol. The second kappa shape index (κ2) is 16.2. The summed E-state index contributed by atoms with van der Waals surface area (Å²) >= 11 is 0. The zero-order valence-corrected chi connectivity index (χ0v) is 22.6. The van der Waals surface area contributed by atoms with E-state index in [1.165, 1.54) is 75.5 Å². The Hall–Kier alpha value is -1.54. The van der Waals surface area contributed by atoms with Gasteiger partial charge < -0.3 is 13.3 Å². The van der Waals surface area contributed by atoms with Crippen molar-refractivity contribution in [3.8, 4) is 0 Å².